The first-order valence-corrected chi connectivity index (χ1v) is 10.1. The number of rotatable bonds is 6. The molecule has 144 valence electrons. The fraction of sp³-hybridized carbons (Fsp3) is 0.154. The van der Waals surface area contributed by atoms with Crippen LogP contribution in [0.15, 0.2) is 91.0 Å². The van der Waals surface area contributed by atoms with Crippen molar-refractivity contribution in [1.82, 2.24) is 9.88 Å². The van der Waals surface area contributed by atoms with E-state index in [4.69, 9.17) is 0 Å². The number of nitrogens with zero attached hydrogens (tertiary/aromatic N) is 1. The highest BCUT2D eigenvalue weighted by atomic mass is 16.3. The highest BCUT2D eigenvalue weighted by molar-refractivity contribution is 6.07. The van der Waals surface area contributed by atoms with Crippen molar-refractivity contribution in [3.8, 4) is 0 Å². The summed E-state index contributed by atoms with van der Waals surface area (Å²) < 4.78 is 2.23. The van der Waals surface area contributed by atoms with Gasteiger partial charge in [0.1, 0.15) is 0 Å². The summed E-state index contributed by atoms with van der Waals surface area (Å²) in [7, 11) is 0. The normalized spacial score (nSPS) is 12.7. The molecule has 0 aliphatic heterocycles. The number of hydrogen-bond acceptors (Lipinski definition) is 2. The fourth-order valence-corrected chi connectivity index (χ4v) is 4.30. The molecule has 1 atom stereocenters. The van der Waals surface area contributed by atoms with Crippen LogP contribution in [0, 0.1) is 0 Å². The van der Waals surface area contributed by atoms with Crippen LogP contribution in [0.25, 0.3) is 32.6 Å². The summed E-state index contributed by atoms with van der Waals surface area (Å²) >= 11 is 0. The van der Waals surface area contributed by atoms with E-state index in [9.17, 15) is 5.11 Å². The molecule has 0 bridgehead atoms. The third-order valence-electron chi connectivity index (χ3n) is 5.65. The minimum Gasteiger partial charge on any atom is -0.390 e. The lowest BCUT2D eigenvalue weighted by Gasteiger charge is -2.15. The molecule has 0 fully saturated rings. The van der Waals surface area contributed by atoms with E-state index < -0.39 is 6.10 Å². The van der Waals surface area contributed by atoms with E-state index in [-0.39, 0.29) is 0 Å². The molecular weight excluding hydrogens is 356 g/mol. The van der Waals surface area contributed by atoms with Crippen LogP contribution < -0.4 is 5.32 Å². The second-order valence-electron chi connectivity index (χ2n) is 7.57. The lowest BCUT2D eigenvalue weighted by molar-refractivity contribution is 0.154. The molecule has 1 unspecified atom stereocenters. The Morgan fingerprint density at radius 2 is 1.28 bits per heavy atom. The van der Waals surface area contributed by atoms with Crippen molar-refractivity contribution in [2.24, 2.45) is 0 Å². The maximum absolute atomic E-state index is 10.7. The van der Waals surface area contributed by atoms with Crippen molar-refractivity contribution in [3.63, 3.8) is 0 Å². The lowest BCUT2D eigenvalue weighted by atomic mass is 10.0. The van der Waals surface area contributed by atoms with Crippen molar-refractivity contribution in [2.45, 2.75) is 19.2 Å². The molecule has 0 saturated carbocycles. The third-order valence-corrected chi connectivity index (χ3v) is 5.65. The molecule has 29 heavy (non-hydrogen) atoms. The number of aromatic nitrogens is 1. The highest BCUT2D eigenvalue weighted by Crippen LogP contribution is 2.28. The second kappa shape index (κ2) is 7.70. The molecule has 0 aliphatic rings. The van der Waals surface area contributed by atoms with Gasteiger partial charge >= 0.3 is 0 Å². The van der Waals surface area contributed by atoms with Gasteiger partial charge in [0.25, 0.3) is 0 Å². The van der Waals surface area contributed by atoms with Crippen molar-refractivity contribution >= 4 is 32.6 Å². The molecule has 5 rings (SSSR count). The first-order chi connectivity index (χ1) is 14.3. The third kappa shape index (κ3) is 3.39. The van der Waals surface area contributed by atoms with Crippen LogP contribution >= 0.6 is 0 Å². The molecule has 0 spiro atoms. The van der Waals surface area contributed by atoms with Gasteiger partial charge < -0.3 is 15.0 Å². The number of para-hydroxylation sites is 2. The Morgan fingerprint density at radius 1 is 0.690 bits per heavy atom. The molecule has 4 aromatic carbocycles. The van der Waals surface area contributed by atoms with Gasteiger partial charge in [-0.05, 0) is 28.5 Å². The Hall–Kier alpha value is -3.14. The lowest BCUT2D eigenvalue weighted by Crippen LogP contribution is -2.30. The molecular formula is C26H24N2O. The summed E-state index contributed by atoms with van der Waals surface area (Å²) in [6, 6.07) is 31.6. The predicted molar refractivity (Wildman–Crippen MR) is 121 cm³/mol. The Bertz CT molecular complexity index is 1230. The number of nitrogens with one attached hydrogen (secondary N) is 1. The van der Waals surface area contributed by atoms with Crippen LogP contribution in [0.3, 0.4) is 0 Å². The minimum atomic E-state index is -0.468. The standard InChI is InChI=1S/C26H24N2O/c29-21(17-27-16-20-10-7-9-19-8-1-2-11-22(19)20)18-28-25-14-5-3-12-23(25)24-13-4-6-15-26(24)28/h1-15,21,27,29H,16-18H2. The molecule has 5 aromatic rings. The summed E-state index contributed by atoms with van der Waals surface area (Å²) in [6.45, 7) is 1.85. The van der Waals surface area contributed by atoms with Crippen LogP contribution in [-0.2, 0) is 13.1 Å². The van der Waals surface area contributed by atoms with Crippen LogP contribution in [0.4, 0.5) is 0 Å². The van der Waals surface area contributed by atoms with E-state index in [0.717, 1.165) is 6.54 Å². The van der Waals surface area contributed by atoms with Crippen molar-refractivity contribution in [3.05, 3.63) is 96.6 Å². The van der Waals surface area contributed by atoms with Crippen LogP contribution in [0.1, 0.15) is 5.56 Å². The van der Waals surface area contributed by atoms with Gasteiger partial charge in [0.2, 0.25) is 0 Å². The SMILES string of the molecule is OC(CNCc1cccc2ccccc12)Cn1c2ccccc2c2ccccc21. The van der Waals surface area contributed by atoms with Gasteiger partial charge in [0.15, 0.2) is 0 Å². The Labute approximate surface area is 170 Å². The molecule has 1 heterocycles. The van der Waals surface area contributed by atoms with Gasteiger partial charge in [-0.25, -0.2) is 0 Å². The zero-order valence-electron chi connectivity index (χ0n) is 16.3. The van der Waals surface area contributed by atoms with Gasteiger partial charge in [-0.15, -0.1) is 0 Å². The van der Waals surface area contributed by atoms with E-state index in [1.54, 1.807) is 0 Å². The summed E-state index contributed by atoms with van der Waals surface area (Å²) in [5, 5.41) is 19.2. The first kappa shape index (κ1) is 17.9. The second-order valence-corrected chi connectivity index (χ2v) is 7.57. The number of hydrogen-bond donors (Lipinski definition) is 2. The van der Waals surface area contributed by atoms with Gasteiger partial charge in [0.05, 0.1) is 12.6 Å². The quantitative estimate of drug-likeness (QED) is 0.430. The number of benzene rings is 4. The van der Waals surface area contributed by atoms with Crippen LogP contribution in [0.5, 0.6) is 0 Å². The van der Waals surface area contributed by atoms with Gasteiger partial charge in [0, 0.05) is 34.9 Å². The van der Waals surface area contributed by atoms with E-state index in [1.165, 1.54) is 38.1 Å². The van der Waals surface area contributed by atoms with Gasteiger partial charge in [-0.2, -0.15) is 0 Å². The number of aliphatic hydroxyl groups is 1. The smallest absolute Gasteiger partial charge is 0.0843 e. The van der Waals surface area contributed by atoms with E-state index in [2.05, 4.69) is 101 Å². The minimum absolute atomic E-state index is 0.468. The maximum atomic E-state index is 10.7. The molecule has 0 saturated heterocycles. The zero-order valence-corrected chi connectivity index (χ0v) is 16.3. The Kier molecular flexibility index (Phi) is 4.76. The largest absolute Gasteiger partial charge is 0.390 e. The molecule has 0 amide bonds. The molecule has 3 heteroatoms. The Morgan fingerprint density at radius 3 is 2.00 bits per heavy atom. The summed E-state index contributed by atoms with van der Waals surface area (Å²) in [5.74, 6) is 0. The number of fused-ring (bicyclic) bond motifs is 4. The highest BCUT2D eigenvalue weighted by Gasteiger charge is 2.13. The average molecular weight is 380 g/mol. The van der Waals surface area contributed by atoms with Gasteiger partial charge in [-0.1, -0.05) is 78.9 Å². The topological polar surface area (TPSA) is 37.2 Å². The monoisotopic (exact) mass is 380 g/mol. The van der Waals surface area contributed by atoms with Crippen molar-refractivity contribution in [1.29, 1.82) is 0 Å². The molecule has 0 radical (unpaired) electrons. The molecule has 3 nitrogen and oxygen atoms in total. The van der Waals surface area contributed by atoms with E-state index >= 15 is 0 Å². The molecule has 1 aromatic heterocycles. The predicted octanol–water partition coefficient (Wildman–Crippen LogP) is 5.10. The Balaban J connectivity index is 1.33. The summed E-state index contributed by atoms with van der Waals surface area (Å²) in [6.07, 6.45) is -0.468. The summed E-state index contributed by atoms with van der Waals surface area (Å²) in [4.78, 5) is 0. The number of aliphatic hydroxyl groups excluding tert-OH is 1. The zero-order chi connectivity index (χ0) is 19.6. The van der Waals surface area contributed by atoms with Gasteiger partial charge in [-0.3, -0.25) is 0 Å². The summed E-state index contributed by atoms with van der Waals surface area (Å²) in [5.41, 5.74) is 3.59. The molecule has 2 N–H and O–H groups in total. The maximum Gasteiger partial charge on any atom is 0.0843 e. The van der Waals surface area contributed by atoms with Crippen LogP contribution in [-0.4, -0.2) is 22.3 Å². The van der Waals surface area contributed by atoms with Crippen LogP contribution in [0.2, 0.25) is 0 Å². The first-order valence-electron chi connectivity index (χ1n) is 10.1. The molecule has 0 aliphatic carbocycles. The van der Waals surface area contributed by atoms with Crippen molar-refractivity contribution < 1.29 is 5.11 Å². The van der Waals surface area contributed by atoms with Crippen molar-refractivity contribution in [2.75, 3.05) is 6.54 Å². The fourth-order valence-electron chi connectivity index (χ4n) is 4.30. The van der Waals surface area contributed by atoms with E-state index in [1.807, 2.05) is 0 Å². The average Bonchev–Trinajstić information content (AvgIpc) is 3.08. The van der Waals surface area contributed by atoms with E-state index in [0.29, 0.717) is 13.1 Å².